The maximum Gasteiger partial charge on any atom is 0.264 e. The van der Waals surface area contributed by atoms with Crippen molar-refractivity contribution in [2.75, 3.05) is 17.4 Å². The van der Waals surface area contributed by atoms with Gasteiger partial charge in [-0.1, -0.05) is 86.0 Å². The molecule has 0 saturated heterocycles. The van der Waals surface area contributed by atoms with Crippen molar-refractivity contribution in [1.82, 2.24) is 10.2 Å². The number of aryl methyl sites for hydroxylation is 3. The van der Waals surface area contributed by atoms with E-state index in [0.717, 1.165) is 35.1 Å². The molecule has 3 rings (SSSR count). The summed E-state index contributed by atoms with van der Waals surface area (Å²) < 4.78 is 29.1. The topological polar surface area (TPSA) is 86.8 Å². The van der Waals surface area contributed by atoms with Gasteiger partial charge in [0.15, 0.2) is 0 Å². The zero-order valence-electron chi connectivity index (χ0n) is 24.2. The number of carbonyl (C=O) groups is 2. The van der Waals surface area contributed by atoms with E-state index in [2.05, 4.69) is 5.32 Å². The van der Waals surface area contributed by atoms with Crippen LogP contribution in [0.5, 0.6) is 0 Å². The van der Waals surface area contributed by atoms with Gasteiger partial charge in [-0.3, -0.25) is 13.9 Å². The van der Waals surface area contributed by atoms with E-state index in [0.29, 0.717) is 18.7 Å². The van der Waals surface area contributed by atoms with Crippen LogP contribution in [0.1, 0.15) is 55.4 Å². The molecule has 0 aliphatic carbocycles. The van der Waals surface area contributed by atoms with Gasteiger partial charge in [0.25, 0.3) is 10.0 Å². The lowest BCUT2D eigenvalue weighted by molar-refractivity contribution is -0.140. The fraction of sp³-hybridized carbons (Fsp3) is 0.375. The second-order valence-electron chi connectivity index (χ2n) is 10.2. The molecular formula is C32H41N3O4S. The molecule has 214 valence electrons. The molecule has 3 aromatic rings. The van der Waals surface area contributed by atoms with Crippen molar-refractivity contribution in [2.24, 2.45) is 0 Å². The monoisotopic (exact) mass is 563 g/mol. The number of rotatable bonds is 13. The highest BCUT2D eigenvalue weighted by molar-refractivity contribution is 7.92. The molecule has 0 saturated carbocycles. The van der Waals surface area contributed by atoms with Crippen LogP contribution >= 0.6 is 0 Å². The Labute approximate surface area is 239 Å². The molecule has 0 aromatic heterocycles. The Hall–Kier alpha value is -3.65. The van der Waals surface area contributed by atoms with Gasteiger partial charge < -0.3 is 10.2 Å². The zero-order valence-corrected chi connectivity index (χ0v) is 25.0. The molecule has 0 unspecified atom stereocenters. The minimum atomic E-state index is -4.08. The number of unbranched alkanes of at least 4 members (excludes halogenated alkanes) is 1. The second kappa shape index (κ2) is 14.1. The normalized spacial score (nSPS) is 12.0. The first kappa shape index (κ1) is 30.9. The van der Waals surface area contributed by atoms with Crippen molar-refractivity contribution in [2.45, 2.75) is 71.4 Å². The highest BCUT2D eigenvalue weighted by Gasteiger charge is 2.34. The predicted molar refractivity (Wildman–Crippen MR) is 161 cm³/mol. The summed E-state index contributed by atoms with van der Waals surface area (Å²) in [7, 11) is -4.08. The maximum absolute atomic E-state index is 14.1. The fourth-order valence-electron chi connectivity index (χ4n) is 4.63. The van der Waals surface area contributed by atoms with Crippen LogP contribution in [0, 0.1) is 20.8 Å². The predicted octanol–water partition coefficient (Wildman–Crippen LogP) is 5.53. The summed E-state index contributed by atoms with van der Waals surface area (Å²) in [6.45, 7) is 9.93. The van der Waals surface area contributed by atoms with Crippen molar-refractivity contribution < 1.29 is 18.0 Å². The number of carbonyl (C=O) groups excluding carboxylic acids is 2. The molecule has 0 aliphatic heterocycles. The first-order chi connectivity index (χ1) is 19.1. The maximum atomic E-state index is 14.1. The third kappa shape index (κ3) is 7.72. The quantitative estimate of drug-likeness (QED) is 0.277. The number of hydrogen-bond donors (Lipinski definition) is 1. The van der Waals surface area contributed by atoms with E-state index in [1.807, 2.05) is 71.0 Å². The molecule has 0 fully saturated rings. The highest BCUT2D eigenvalue weighted by Crippen LogP contribution is 2.28. The summed E-state index contributed by atoms with van der Waals surface area (Å²) in [6, 6.07) is 20.6. The molecule has 0 bridgehead atoms. The summed E-state index contributed by atoms with van der Waals surface area (Å²) in [4.78, 5) is 29.0. The molecule has 1 N–H and O–H groups in total. The molecule has 1 atom stereocenters. The van der Waals surface area contributed by atoms with E-state index in [4.69, 9.17) is 0 Å². The van der Waals surface area contributed by atoms with Crippen LogP contribution in [-0.4, -0.2) is 44.3 Å². The van der Waals surface area contributed by atoms with Crippen molar-refractivity contribution in [3.05, 3.63) is 95.1 Å². The van der Waals surface area contributed by atoms with Gasteiger partial charge in [-0.15, -0.1) is 0 Å². The van der Waals surface area contributed by atoms with E-state index in [1.165, 1.54) is 21.3 Å². The van der Waals surface area contributed by atoms with Gasteiger partial charge in [0, 0.05) is 13.1 Å². The summed E-state index contributed by atoms with van der Waals surface area (Å²) in [5.41, 5.74) is 4.10. The molecule has 0 radical (unpaired) electrons. The number of sulfonamides is 1. The van der Waals surface area contributed by atoms with Crippen molar-refractivity contribution in [3.8, 4) is 0 Å². The Bertz CT molecular complexity index is 1390. The fourth-order valence-corrected chi connectivity index (χ4v) is 6.13. The molecule has 40 heavy (non-hydrogen) atoms. The smallest absolute Gasteiger partial charge is 0.264 e. The van der Waals surface area contributed by atoms with Crippen molar-refractivity contribution in [3.63, 3.8) is 0 Å². The summed E-state index contributed by atoms with van der Waals surface area (Å²) in [5.74, 6) is -0.682. The zero-order chi connectivity index (χ0) is 29.3. The summed E-state index contributed by atoms with van der Waals surface area (Å²) in [5, 5.41) is 2.96. The molecule has 2 amide bonds. The Morgan fingerprint density at radius 2 is 1.52 bits per heavy atom. The van der Waals surface area contributed by atoms with Crippen molar-refractivity contribution >= 4 is 27.5 Å². The van der Waals surface area contributed by atoms with Crippen LogP contribution in [0.4, 0.5) is 5.69 Å². The van der Waals surface area contributed by atoms with Crippen LogP contribution in [-0.2, 0) is 26.2 Å². The van der Waals surface area contributed by atoms with E-state index in [-0.39, 0.29) is 17.3 Å². The van der Waals surface area contributed by atoms with Gasteiger partial charge in [-0.25, -0.2) is 8.42 Å². The largest absolute Gasteiger partial charge is 0.354 e. The van der Waals surface area contributed by atoms with Crippen LogP contribution in [0.2, 0.25) is 0 Å². The van der Waals surface area contributed by atoms with E-state index in [1.54, 1.807) is 24.3 Å². The highest BCUT2D eigenvalue weighted by atomic mass is 32.2. The lowest BCUT2D eigenvalue weighted by Gasteiger charge is -2.33. The number of benzene rings is 3. The lowest BCUT2D eigenvalue weighted by Crippen LogP contribution is -2.52. The second-order valence-corrected chi connectivity index (χ2v) is 12.1. The van der Waals surface area contributed by atoms with Crippen LogP contribution in [0.3, 0.4) is 0 Å². The third-order valence-corrected chi connectivity index (χ3v) is 8.69. The lowest BCUT2D eigenvalue weighted by atomic mass is 10.1. The average molecular weight is 564 g/mol. The number of amides is 2. The first-order valence-corrected chi connectivity index (χ1v) is 15.3. The van der Waals surface area contributed by atoms with Gasteiger partial charge in [0.2, 0.25) is 11.8 Å². The molecule has 0 aliphatic rings. The Kier molecular flexibility index (Phi) is 10.9. The van der Waals surface area contributed by atoms with E-state index in [9.17, 15) is 18.0 Å². The van der Waals surface area contributed by atoms with Gasteiger partial charge in [0.05, 0.1) is 10.6 Å². The SMILES string of the molecule is CCCCNC(=O)[C@H](CC)N(Cc1ccc(C)cc1)C(=O)CN(c1ccc(C)cc1C)S(=O)(=O)c1ccccc1. The average Bonchev–Trinajstić information content (AvgIpc) is 2.93. The molecule has 0 spiro atoms. The van der Waals surface area contributed by atoms with Crippen molar-refractivity contribution in [1.29, 1.82) is 0 Å². The van der Waals surface area contributed by atoms with Crippen LogP contribution in [0.25, 0.3) is 0 Å². The van der Waals surface area contributed by atoms with E-state index >= 15 is 0 Å². The van der Waals surface area contributed by atoms with Gasteiger partial charge in [-0.05, 0) is 62.9 Å². The number of nitrogens with one attached hydrogen (secondary N) is 1. The van der Waals surface area contributed by atoms with Crippen LogP contribution in [0.15, 0.2) is 77.7 Å². The summed E-state index contributed by atoms with van der Waals surface area (Å²) in [6.07, 6.45) is 2.17. The molecule has 7 nitrogen and oxygen atoms in total. The number of hydrogen-bond acceptors (Lipinski definition) is 4. The standard InChI is InChI=1S/C32H41N3O4S/c1-6-8-20-33-32(37)29(7-2)34(22-27-17-14-24(3)15-18-27)31(36)23-35(30-19-16-25(4)21-26(30)5)40(38,39)28-12-10-9-11-13-28/h9-19,21,29H,6-8,20,22-23H2,1-5H3,(H,33,37)/t29-/m0/s1. The Balaban J connectivity index is 2.05. The molecule has 0 heterocycles. The molecular weight excluding hydrogens is 522 g/mol. The Morgan fingerprint density at radius 3 is 2.12 bits per heavy atom. The number of anilines is 1. The van der Waals surface area contributed by atoms with Gasteiger partial charge >= 0.3 is 0 Å². The van der Waals surface area contributed by atoms with E-state index < -0.39 is 28.5 Å². The number of nitrogens with zero attached hydrogens (tertiary/aromatic N) is 2. The summed E-state index contributed by atoms with van der Waals surface area (Å²) >= 11 is 0. The minimum absolute atomic E-state index is 0.0946. The Morgan fingerprint density at radius 1 is 0.875 bits per heavy atom. The molecule has 3 aromatic carbocycles. The van der Waals surface area contributed by atoms with Gasteiger partial charge in [0.1, 0.15) is 12.6 Å². The minimum Gasteiger partial charge on any atom is -0.354 e. The molecule has 8 heteroatoms. The van der Waals surface area contributed by atoms with Crippen LogP contribution < -0.4 is 9.62 Å². The first-order valence-electron chi connectivity index (χ1n) is 13.9. The van der Waals surface area contributed by atoms with Gasteiger partial charge in [-0.2, -0.15) is 0 Å². The third-order valence-electron chi connectivity index (χ3n) is 6.92.